The monoisotopic (exact) mass is 381 g/mol. The van der Waals surface area contributed by atoms with E-state index in [0.717, 1.165) is 4.47 Å². The molecule has 122 valence electrons. The van der Waals surface area contributed by atoms with Crippen molar-refractivity contribution in [3.63, 3.8) is 0 Å². The van der Waals surface area contributed by atoms with Crippen molar-refractivity contribution in [2.24, 2.45) is 11.7 Å². The third kappa shape index (κ3) is 3.89. The Balaban J connectivity index is 2.45. The van der Waals surface area contributed by atoms with Crippen LogP contribution in [0.2, 0.25) is 0 Å². The van der Waals surface area contributed by atoms with E-state index in [-0.39, 0.29) is 12.4 Å². The van der Waals surface area contributed by atoms with Gasteiger partial charge in [-0.1, -0.05) is 22.5 Å². The van der Waals surface area contributed by atoms with Gasteiger partial charge in [-0.05, 0) is 25.1 Å². The molecule has 3 amide bonds. The van der Waals surface area contributed by atoms with Gasteiger partial charge in [0.15, 0.2) is 6.61 Å². The average molecular weight is 382 g/mol. The molecule has 1 fully saturated rings. The lowest BCUT2D eigenvalue weighted by atomic mass is 9.86. The molecule has 4 N–H and O–H groups in total. The molecular formula is C15H16BrN3O4. The highest BCUT2D eigenvalue weighted by molar-refractivity contribution is 9.10. The summed E-state index contributed by atoms with van der Waals surface area (Å²) in [6.45, 7) is 4.86. The number of halogens is 1. The van der Waals surface area contributed by atoms with E-state index in [0.29, 0.717) is 17.0 Å². The second-order valence-corrected chi connectivity index (χ2v) is 6.04. The molecule has 7 nitrogen and oxygen atoms in total. The molecule has 1 aromatic carbocycles. The summed E-state index contributed by atoms with van der Waals surface area (Å²) in [6.07, 6.45) is 0. The molecule has 0 radical (unpaired) electrons. The number of amides is 3. The van der Waals surface area contributed by atoms with Crippen LogP contribution in [0.15, 0.2) is 34.9 Å². The first-order chi connectivity index (χ1) is 10.8. The van der Waals surface area contributed by atoms with E-state index in [9.17, 15) is 14.4 Å². The topological polar surface area (TPSA) is 111 Å². The number of ketones is 1. The first kappa shape index (κ1) is 17.0. The molecule has 0 spiro atoms. The van der Waals surface area contributed by atoms with Crippen molar-refractivity contribution in [2.75, 3.05) is 6.61 Å². The maximum atomic E-state index is 12.0. The zero-order valence-electron chi connectivity index (χ0n) is 12.4. The quantitative estimate of drug-likeness (QED) is 0.715. The molecule has 1 saturated heterocycles. The summed E-state index contributed by atoms with van der Waals surface area (Å²) in [6, 6.07) is 3.96. The smallest absolute Gasteiger partial charge is 0.319 e. The summed E-state index contributed by atoms with van der Waals surface area (Å²) in [7, 11) is 0. The summed E-state index contributed by atoms with van der Waals surface area (Å²) in [4.78, 5) is 34.7. The maximum Gasteiger partial charge on any atom is 0.319 e. The summed E-state index contributed by atoms with van der Waals surface area (Å²) in [5.74, 6) is -1.08. The number of hydrogen-bond acceptors (Lipinski definition) is 4. The Kier molecular flexibility index (Phi) is 5.05. The van der Waals surface area contributed by atoms with Crippen LogP contribution in [0.4, 0.5) is 4.79 Å². The number of Topliss-reactive ketones (excluding diaryl/α,β-unsaturated/α-hetero) is 1. The molecule has 0 aromatic heterocycles. The average Bonchev–Trinajstić information content (AvgIpc) is 2.44. The van der Waals surface area contributed by atoms with Gasteiger partial charge in [0.05, 0.1) is 12.0 Å². The summed E-state index contributed by atoms with van der Waals surface area (Å²) in [5.41, 5.74) is 5.96. The first-order valence-electron chi connectivity index (χ1n) is 6.77. The van der Waals surface area contributed by atoms with E-state index in [1.54, 1.807) is 18.2 Å². The summed E-state index contributed by atoms with van der Waals surface area (Å²) in [5, 5.41) is 5.20. The van der Waals surface area contributed by atoms with Crippen LogP contribution >= 0.6 is 15.9 Å². The highest BCUT2D eigenvalue weighted by Gasteiger charge is 2.37. The van der Waals surface area contributed by atoms with Crippen LogP contribution in [-0.2, 0) is 9.59 Å². The molecule has 2 atom stereocenters. The van der Waals surface area contributed by atoms with Crippen LogP contribution in [-0.4, -0.2) is 24.3 Å². The van der Waals surface area contributed by atoms with Gasteiger partial charge < -0.3 is 21.1 Å². The number of nitrogens with two attached hydrogens (primary N) is 1. The zero-order chi connectivity index (χ0) is 17.1. The lowest BCUT2D eigenvalue weighted by Crippen LogP contribution is -2.50. The molecule has 8 heteroatoms. The Morgan fingerprint density at radius 1 is 1.43 bits per heavy atom. The predicted molar refractivity (Wildman–Crippen MR) is 86.6 cm³/mol. The van der Waals surface area contributed by atoms with Crippen LogP contribution in [0, 0.1) is 5.92 Å². The van der Waals surface area contributed by atoms with Crippen molar-refractivity contribution < 1.29 is 19.1 Å². The fourth-order valence-corrected chi connectivity index (χ4v) is 2.84. The number of nitrogens with one attached hydrogen (secondary N) is 2. The SMILES string of the molecule is C=C1NC(=O)N[C@H](c2cc(Br)ccc2OCC(N)=O)[C@@H]1C(C)=O. The normalized spacial score (nSPS) is 20.4. The minimum atomic E-state index is -0.658. The lowest BCUT2D eigenvalue weighted by molar-refractivity contribution is -0.121. The van der Waals surface area contributed by atoms with E-state index in [1.165, 1.54) is 6.92 Å². The second-order valence-electron chi connectivity index (χ2n) is 5.13. The van der Waals surface area contributed by atoms with E-state index < -0.39 is 23.9 Å². The van der Waals surface area contributed by atoms with Gasteiger partial charge in [0.1, 0.15) is 11.5 Å². The van der Waals surface area contributed by atoms with Gasteiger partial charge in [0.2, 0.25) is 0 Å². The molecule has 0 unspecified atom stereocenters. The standard InChI is InChI=1S/C15H16BrN3O4/c1-7-13(8(2)20)14(19-15(22)18-7)10-5-9(16)3-4-11(10)23-6-12(17)21/h3-5,13-14H,1,6H2,2H3,(H2,17,21)(H2,18,19,22)/t13-,14+/m0/s1. The van der Waals surface area contributed by atoms with Crippen LogP contribution in [0.1, 0.15) is 18.5 Å². The number of primary amides is 1. The number of carbonyl (C=O) groups is 3. The number of carbonyl (C=O) groups excluding carboxylic acids is 3. The third-order valence-corrected chi connectivity index (χ3v) is 3.88. The second kappa shape index (κ2) is 6.82. The summed E-state index contributed by atoms with van der Waals surface area (Å²) < 4.78 is 6.13. The van der Waals surface area contributed by atoms with E-state index in [1.807, 2.05) is 0 Å². The van der Waals surface area contributed by atoms with Gasteiger partial charge in [-0.15, -0.1) is 0 Å². The Morgan fingerprint density at radius 3 is 2.74 bits per heavy atom. The molecule has 2 rings (SSSR count). The van der Waals surface area contributed by atoms with Crippen LogP contribution in [0.5, 0.6) is 5.75 Å². The highest BCUT2D eigenvalue weighted by atomic mass is 79.9. The van der Waals surface area contributed by atoms with Crippen molar-refractivity contribution in [1.82, 2.24) is 10.6 Å². The molecule has 23 heavy (non-hydrogen) atoms. The van der Waals surface area contributed by atoms with Gasteiger partial charge in [0.25, 0.3) is 5.91 Å². The van der Waals surface area contributed by atoms with Crippen LogP contribution in [0.3, 0.4) is 0 Å². The van der Waals surface area contributed by atoms with E-state index >= 15 is 0 Å². The fourth-order valence-electron chi connectivity index (χ4n) is 2.47. The van der Waals surface area contributed by atoms with Gasteiger partial charge in [-0.2, -0.15) is 0 Å². The number of urea groups is 1. The predicted octanol–water partition coefficient (Wildman–Crippen LogP) is 1.39. The number of ether oxygens (including phenoxy) is 1. The fraction of sp³-hybridized carbons (Fsp3) is 0.267. The van der Waals surface area contributed by atoms with Crippen molar-refractivity contribution in [3.8, 4) is 5.75 Å². The minimum absolute atomic E-state index is 0.159. The Bertz CT molecular complexity index is 689. The molecule has 1 aliphatic heterocycles. The van der Waals surface area contributed by atoms with E-state index in [4.69, 9.17) is 10.5 Å². The van der Waals surface area contributed by atoms with Crippen molar-refractivity contribution in [3.05, 3.63) is 40.5 Å². The van der Waals surface area contributed by atoms with Crippen LogP contribution in [0.25, 0.3) is 0 Å². The van der Waals surface area contributed by atoms with Crippen molar-refractivity contribution >= 4 is 33.7 Å². The van der Waals surface area contributed by atoms with Gasteiger partial charge in [-0.3, -0.25) is 9.59 Å². The molecular weight excluding hydrogens is 366 g/mol. The Labute approximate surface area is 141 Å². The first-order valence-corrected chi connectivity index (χ1v) is 7.56. The maximum absolute atomic E-state index is 12.0. The molecule has 1 aromatic rings. The molecule has 0 aliphatic carbocycles. The number of rotatable bonds is 5. The lowest BCUT2D eigenvalue weighted by Gasteiger charge is -2.34. The van der Waals surface area contributed by atoms with Crippen LogP contribution < -0.4 is 21.1 Å². The van der Waals surface area contributed by atoms with Gasteiger partial charge >= 0.3 is 6.03 Å². The van der Waals surface area contributed by atoms with Gasteiger partial charge in [-0.25, -0.2) is 4.79 Å². The highest BCUT2D eigenvalue weighted by Crippen LogP contribution is 2.36. The Morgan fingerprint density at radius 2 is 2.13 bits per heavy atom. The zero-order valence-corrected chi connectivity index (χ0v) is 14.0. The molecule has 1 aliphatic rings. The Hall–Kier alpha value is -2.35. The molecule has 0 saturated carbocycles. The van der Waals surface area contributed by atoms with Gasteiger partial charge in [0, 0.05) is 15.7 Å². The molecule has 0 bridgehead atoms. The number of hydrogen-bond donors (Lipinski definition) is 3. The minimum Gasteiger partial charge on any atom is -0.483 e. The van der Waals surface area contributed by atoms with Crippen molar-refractivity contribution in [1.29, 1.82) is 0 Å². The van der Waals surface area contributed by atoms with E-state index in [2.05, 4.69) is 33.1 Å². The third-order valence-electron chi connectivity index (χ3n) is 3.38. The summed E-state index contributed by atoms with van der Waals surface area (Å²) >= 11 is 3.35. The largest absolute Gasteiger partial charge is 0.483 e. The molecule has 1 heterocycles. The van der Waals surface area contributed by atoms with Crippen molar-refractivity contribution in [2.45, 2.75) is 13.0 Å². The number of benzene rings is 1.